The first-order valence-corrected chi connectivity index (χ1v) is 16.5. The number of fused-ring (bicyclic) bond motifs is 4. The van der Waals surface area contributed by atoms with Gasteiger partial charge in [0.1, 0.15) is 11.6 Å². The van der Waals surface area contributed by atoms with E-state index in [1.807, 2.05) is 35.9 Å². The van der Waals surface area contributed by atoms with E-state index in [9.17, 15) is 15.2 Å². The molecular weight excluding hydrogens is 642 g/mol. The second kappa shape index (κ2) is 12.5. The summed E-state index contributed by atoms with van der Waals surface area (Å²) < 4.78 is 25.5. The standard InChI is InChI=1S/C35H33Cl2FN6O3/c1-19(28-10-5-14-42(28)2)47-34-25-18-40-44(22-12-15-43(35(45)46)21(16-22)11-13-39)33(25)24-17-27(37)30(31(38)32(24)41-34)23-8-3-6-20-7-4-9-26(36)29(20)23/h3-4,6-9,17-19,21-22,28H,5,10-12,14-16H2,1-2H3,(H,45,46)/t19?,21-,22+,28+/m1/s1. The van der Waals surface area contributed by atoms with Crippen molar-refractivity contribution in [3.05, 3.63) is 64.5 Å². The number of ether oxygens (including phenoxy) is 1. The van der Waals surface area contributed by atoms with Crippen LogP contribution in [0.25, 0.3) is 43.7 Å². The van der Waals surface area contributed by atoms with E-state index in [2.05, 4.69) is 18.0 Å². The second-order valence-electron chi connectivity index (χ2n) is 12.5. The molecule has 0 radical (unpaired) electrons. The van der Waals surface area contributed by atoms with Crippen LogP contribution in [0.4, 0.5) is 9.18 Å². The summed E-state index contributed by atoms with van der Waals surface area (Å²) in [5, 5.41) is 27.3. The Balaban J connectivity index is 1.44. The number of likely N-dealkylation sites (N-methyl/N-ethyl adjacent to an activating group) is 1. The molecule has 3 aromatic carbocycles. The van der Waals surface area contributed by atoms with Crippen molar-refractivity contribution in [2.45, 2.75) is 63.3 Å². The van der Waals surface area contributed by atoms with E-state index in [0.29, 0.717) is 45.1 Å². The summed E-state index contributed by atoms with van der Waals surface area (Å²) in [5.74, 6) is -0.334. The largest absolute Gasteiger partial charge is 0.472 e. The van der Waals surface area contributed by atoms with Crippen molar-refractivity contribution in [1.29, 1.82) is 5.26 Å². The topological polar surface area (TPSA) is 108 Å². The summed E-state index contributed by atoms with van der Waals surface area (Å²) in [6.07, 6.45) is 3.34. The van der Waals surface area contributed by atoms with Gasteiger partial charge in [-0.15, -0.1) is 0 Å². The van der Waals surface area contributed by atoms with Crippen molar-refractivity contribution >= 4 is 61.9 Å². The highest BCUT2D eigenvalue weighted by Gasteiger charge is 2.35. The molecule has 0 bridgehead atoms. The van der Waals surface area contributed by atoms with Crippen LogP contribution in [-0.4, -0.2) is 74.1 Å². The van der Waals surface area contributed by atoms with Gasteiger partial charge in [-0.3, -0.25) is 9.58 Å². The maximum atomic E-state index is 17.1. The van der Waals surface area contributed by atoms with E-state index in [0.717, 1.165) is 24.8 Å². The molecule has 5 aromatic rings. The van der Waals surface area contributed by atoms with Crippen LogP contribution in [0.15, 0.2) is 48.7 Å². The van der Waals surface area contributed by atoms with E-state index in [4.69, 9.17) is 38.0 Å². The van der Waals surface area contributed by atoms with Crippen molar-refractivity contribution in [1.82, 2.24) is 24.6 Å². The second-order valence-corrected chi connectivity index (χ2v) is 13.4. The lowest BCUT2D eigenvalue weighted by atomic mass is 9.94. The number of piperidine rings is 1. The van der Waals surface area contributed by atoms with Crippen LogP contribution < -0.4 is 4.74 Å². The molecule has 2 saturated heterocycles. The zero-order chi connectivity index (χ0) is 33.0. The monoisotopic (exact) mass is 674 g/mol. The zero-order valence-electron chi connectivity index (χ0n) is 26.0. The van der Waals surface area contributed by atoms with Crippen molar-refractivity contribution in [2.75, 3.05) is 20.1 Å². The van der Waals surface area contributed by atoms with E-state index in [1.165, 1.54) is 4.90 Å². The number of hydrogen-bond donors (Lipinski definition) is 1. The average molecular weight is 676 g/mol. The minimum atomic E-state index is -1.06. The molecule has 2 aliphatic heterocycles. The molecule has 12 heteroatoms. The molecular formula is C35H33Cl2FN6O3. The maximum Gasteiger partial charge on any atom is 0.407 e. The SMILES string of the molecule is CC(Oc1nc2c(F)c(-c3cccc4cccc(Cl)c34)c(Cl)cc2c2c1cnn2[C@H]1CCN(C(=O)O)[C@H](CC#N)C1)[C@@H]1CCCN1C. The van der Waals surface area contributed by atoms with E-state index in [-0.39, 0.29) is 53.1 Å². The number of nitrogens with zero attached hydrogens (tertiary/aromatic N) is 6. The van der Waals surface area contributed by atoms with Gasteiger partial charge in [0.2, 0.25) is 5.88 Å². The van der Waals surface area contributed by atoms with Gasteiger partial charge in [0.25, 0.3) is 0 Å². The molecule has 2 fully saturated rings. The van der Waals surface area contributed by atoms with Gasteiger partial charge >= 0.3 is 6.09 Å². The molecule has 242 valence electrons. The Hall–Kier alpha value is -4.17. The van der Waals surface area contributed by atoms with Crippen LogP contribution in [0.1, 0.15) is 45.1 Å². The van der Waals surface area contributed by atoms with Crippen molar-refractivity contribution < 1.29 is 19.0 Å². The van der Waals surface area contributed by atoms with Crippen molar-refractivity contribution in [3.8, 4) is 23.1 Å². The number of carboxylic acid groups (broad SMARTS) is 1. The van der Waals surface area contributed by atoms with Gasteiger partial charge in [0.05, 0.1) is 46.7 Å². The predicted octanol–water partition coefficient (Wildman–Crippen LogP) is 8.31. The molecule has 0 saturated carbocycles. The van der Waals surface area contributed by atoms with Crippen molar-refractivity contribution in [2.24, 2.45) is 0 Å². The Morgan fingerprint density at radius 1 is 1.17 bits per heavy atom. The number of pyridine rings is 1. The normalized spacial score (nSPS) is 21.0. The van der Waals surface area contributed by atoms with Crippen LogP contribution in [0, 0.1) is 17.1 Å². The summed E-state index contributed by atoms with van der Waals surface area (Å²) in [7, 11) is 2.07. The number of halogens is 3. The molecule has 1 unspecified atom stereocenters. The fourth-order valence-corrected chi connectivity index (χ4v) is 8.13. The van der Waals surface area contributed by atoms with Gasteiger partial charge in [-0.2, -0.15) is 10.4 Å². The smallest absolute Gasteiger partial charge is 0.407 e. The Morgan fingerprint density at radius 2 is 1.96 bits per heavy atom. The summed E-state index contributed by atoms with van der Waals surface area (Å²) in [6.45, 7) is 3.22. The first-order valence-electron chi connectivity index (χ1n) is 15.8. The Kier molecular flexibility index (Phi) is 8.33. The summed E-state index contributed by atoms with van der Waals surface area (Å²) in [6, 6.07) is 14.4. The molecule has 0 aliphatic carbocycles. The number of nitriles is 1. The molecule has 7 rings (SSSR count). The molecule has 1 amide bonds. The van der Waals surface area contributed by atoms with Gasteiger partial charge in [-0.05, 0) is 69.3 Å². The first-order chi connectivity index (χ1) is 22.7. The number of amides is 1. The van der Waals surface area contributed by atoms with Crippen LogP contribution in [-0.2, 0) is 0 Å². The number of benzene rings is 3. The van der Waals surface area contributed by atoms with Gasteiger partial charge in [0.15, 0.2) is 5.82 Å². The van der Waals surface area contributed by atoms with Crippen LogP contribution >= 0.6 is 23.2 Å². The van der Waals surface area contributed by atoms with Crippen LogP contribution in [0.2, 0.25) is 10.0 Å². The molecule has 47 heavy (non-hydrogen) atoms. The highest BCUT2D eigenvalue weighted by Crippen LogP contribution is 2.44. The third-order valence-corrected chi connectivity index (χ3v) is 10.4. The van der Waals surface area contributed by atoms with E-state index >= 15 is 4.39 Å². The molecule has 1 N–H and O–H groups in total. The highest BCUT2D eigenvalue weighted by molar-refractivity contribution is 6.38. The number of rotatable bonds is 6. The minimum Gasteiger partial charge on any atom is -0.472 e. The Bertz CT molecular complexity index is 2080. The lowest BCUT2D eigenvalue weighted by Crippen LogP contribution is -2.45. The summed E-state index contributed by atoms with van der Waals surface area (Å²) in [4.78, 5) is 20.3. The molecule has 0 spiro atoms. The molecule has 2 aromatic heterocycles. The van der Waals surface area contributed by atoms with Crippen LogP contribution in [0.5, 0.6) is 5.88 Å². The molecule has 4 atom stereocenters. The summed E-state index contributed by atoms with van der Waals surface area (Å²) in [5.41, 5.74) is 1.43. The van der Waals surface area contributed by atoms with E-state index in [1.54, 1.807) is 24.4 Å². The quantitative estimate of drug-likeness (QED) is 0.193. The predicted molar refractivity (Wildman–Crippen MR) is 181 cm³/mol. The zero-order valence-corrected chi connectivity index (χ0v) is 27.5. The van der Waals surface area contributed by atoms with Gasteiger partial charge in [-0.1, -0.05) is 53.5 Å². The third kappa shape index (κ3) is 5.40. The average Bonchev–Trinajstić information content (AvgIpc) is 3.69. The van der Waals surface area contributed by atoms with Gasteiger partial charge < -0.3 is 14.7 Å². The number of hydrogen-bond acceptors (Lipinski definition) is 6. The Labute approximate surface area is 281 Å². The van der Waals surface area contributed by atoms with Crippen LogP contribution in [0.3, 0.4) is 0 Å². The number of aromatic nitrogens is 3. The fraction of sp³-hybridized carbons (Fsp3) is 0.371. The maximum absolute atomic E-state index is 17.1. The third-order valence-electron chi connectivity index (χ3n) is 9.83. The lowest BCUT2D eigenvalue weighted by Gasteiger charge is -2.37. The molecule has 9 nitrogen and oxygen atoms in total. The first kappa shape index (κ1) is 31.4. The van der Waals surface area contributed by atoms with E-state index < -0.39 is 18.0 Å². The Morgan fingerprint density at radius 3 is 2.68 bits per heavy atom. The summed E-state index contributed by atoms with van der Waals surface area (Å²) >= 11 is 13.6. The van der Waals surface area contributed by atoms with Gasteiger partial charge in [0, 0.05) is 33.9 Å². The highest BCUT2D eigenvalue weighted by atomic mass is 35.5. The lowest BCUT2D eigenvalue weighted by molar-refractivity contribution is 0.0915. The van der Waals surface area contributed by atoms with Crippen molar-refractivity contribution in [3.63, 3.8) is 0 Å². The molecule has 2 aliphatic rings. The number of likely N-dealkylation sites (tertiary alicyclic amines) is 2. The minimum absolute atomic E-state index is 0.0580. The number of carbonyl (C=O) groups is 1. The molecule has 4 heterocycles. The van der Waals surface area contributed by atoms with Gasteiger partial charge in [-0.25, -0.2) is 14.2 Å². The fourth-order valence-electron chi connectivity index (χ4n) is 7.55.